The van der Waals surface area contributed by atoms with Gasteiger partial charge in [-0.05, 0) is 42.8 Å². The summed E-state index contributed by atoms with van der Waals surface area (Å²) in [5, 5.41) is 1.13. The molecule has 4 aromatic rings. The van der Waals surface area contributed by atoms with Gasteiger partial charge in [0, 0.05) is 30.2 Å². The third kappa shape index (κ3) is 1.82. The van der Waals surface area contributed by atoms with Gasteiger partial charge in [-0.1, -0.05) is 15.9 Å². The Morgan fingerprint density at radius 2 is 1.91 bits per heavy atom. The Labute approximate surface area is 136 Å². The zero-order chi connectivity index (χ0) is 15.4. The highest BCUT2D eigenvalue weighted by Crippen LogP contribution is 2.30. The molecule has 0 aliphatic carbocycles. The van der Waals surface area contributed by atoms with E-state index in [0.29, 0.717) is 0 Å². The van der Waals surface area contributed by atoms with Crippen LogP contribution in [0.1, 0.15) is 5.56 Å². The van der Waals surface area contributed by atoms with E-state index < -0.39 is 0 Å². The molecule has 0 atom stereocenters. The highest BCUT2D eigenvalue weighted by atomic mass is 79.9. The molecular formula is C17H15BrN4. The molecule has 0 saturated heterocycles. The molecule has 22 heavy (non-hydrogen) atoms. The summed E-state index contributed by atoms with van der Waals surface area (Å²) in [5.41, 5.74) is 5.42. The molecule has 0 radical (unpaired) electrons. The molecule has 0 aliphatic rings. The predicted molar refractivity (Wildman–Crippen MR) is 92.9 cm³/mol. The van der Waals surface area contributed by atoms with Crippen LogP contribution in [-0.4, -0.2) is 19.1 Å². The molecule has 0 bridgehead atoms. The maximum Gasteiger partial charge on any atom is 0.157 e. The van der Waals surface area contributed by atoms with E-state index in [4.69, 9.17) is 4.98 Å². The molecule has 0 fully saturated rings. The van der Waals surface area contributed by atoms with Crippen LogP contribution < -0.4 is 0 Å². The van der Waals surface area contributed by atoms with Gasteiger partial charge in [0.25, 0.3) is 0 Å². The molecule has 1 aromatic carbocycles. The first-order valence-corrected chi connectivity index (χ1v) is 7.89. The van der Waals surface area contributed by atoms with E-state index in [1.54, 1.807) is 0 Å². The smallest absolute Gasteiger partial charge is 0.157 e. The Kier molecular flexibility index (Phi) is 2.87. The molecule has 0 N–H and O–H groups in total. The number of aromatic nitrogens is 4. The summed E-state index contributed by atoms with van der Waals surface area (Å²) in [7, 11) is 4.10. The van der Waals surface area contributed by atoms with Crippen LogP contribution in [-0.2, 0) is 14.1 Å². The predicted octanol–water partition coefficient (Wildman–Crippen LogP) is 4.20. The zero-order valence-electron chi connectivity index (χ0n) is 12.6. The van der Waals surface area contributed by atoms with Crippen LogP contribution in [0.15, 0.2) is 41.0 Å². The number of rotatable bonds is 1. The first-order chi connectivity index (χ1) is 10.6. The lowest BCUT2D eigenvalue weighted by atomic mass is 10.2. The molecule has 0 saturated carbocycles. The minimum atomic E-state index is 0.955. The lowest BCUT2D eigenvalue weighted by Gasteiger charge is -2.05. The molecule has 110 valence electrons. The summed E-state index contributed by atoms with van der Waals surface area (Å²) in [6.07, 6.45) is 1.82. The Balaban J connectivity index is 2.06. The third-order valence-electron chi connectivity index (χ3n) is 4.14. The second-order valence-electron chi connectivity index (χ2n) is 5.59. The Hall–Kier alpha value is -2.14. The van der Waals surface area contributed by atoms with Gasteiger partial charge in [0.15, 0.2) is 5.82 Å². The fourth-order valence-corrected chi connectivity index (χ4v) is 3.70. The van der Waals surface area contributed by atoms with Crippen molar-refractivity contribution in [2.75, 3.05) is 0 Å². The van der Waals surface area contributed by atoms with Gasteiger partial charge in [-0.15, -0.1) is 0 Å². The minimum Gasteiger partial charge on any atom is -0.326 e. The van der Waals surface area contributed by atoms with Gasteiger partial charge in [-0.25, -0.2) is 9.97 Å². The van der Waals surface area contributed by atoms with Crippen molar-refractivity contribution in [3.8, 4) is 11.5 Å². The van der Waals surface area contributed by atoms with Crippen LogP contribution in [0.4, 0.5) is 0 Å². The molecule has 4 nitrogen and oxygen atoms in total. The first-order valence-electron chi connectivity index (χ1n) is 7.09. The molecule has 0 aliphatic heterocycles. The van der Waals surface area contributed by atoms with Crippen LogP contribution in [0.2, 0.25) is 0 Å². The number of imidazole rings is 1. The summed E-state index contributed by atoms with van der Waals surface area (Å²) in [6.45, 7) is 2.11. The summed E-state index contributed by atoms with van der Waals surface area (Å²) in [5.74, 6) is 0.955. The van der Waals surface area contributed by atoms with Crippen molar-refractivity contribution in [2.45, 2.75) is 6.92 Å². The minimum absolute atomic E-state index is 0.955. The fraction of sp³-hybridized carbons (Fsp3) is 0.176. The number of benzene rings is 1. The van der Waals surface area contributed by atoms with Crippen molar-refractivity contribution in [2.24, 2.45) is 14.1 Å². The van der Waals surface area contributed by atoms with Crippen LogP contribution >= 0.6 is 15.9 Å². The molecule has 0 spiro atoms. The Bertz CT molecular complexity index is 1030. The first kappa shape index (κ1) is 13.5. The van der Waals surface area contributed by atoms with Gasteiger partial charge < -0.3 is 9.13 Å². The topological polar surface area (TPSA) is 35.6 Å². The lowest BCUT2D eigenvalue weighted by molar-refractivity contribution is 0.897. The zero-order valence-corrected chi connectivity index (χ0v) is 14.2. The highest BCUT2D eigenvalue weighted by Gasteiger charge is 2.16. The molecule has 3 aromatic heterocycles. The van der Waals surface area contributed by atoms with Crippen LogP contribution in [0.5, 0.6) is 0 Å². The Morgan fingerprint density at radius 1 is 1.09 bits per heavy atom. The molecular weight excluding hydrogens is 340 g/mol. The number of fused-ring (bicyclic) bond motifs is 2. The van der Waals surface area contributed by atoms with Gasteiger partial charge in [0.1, 0.15) is 5.65 Å². The van der Waals surface area contributed by atoms with Crippen LogP contribution in [0.25, 0.3) is 33.6 Å². The Morgan fingerprint density at radius 3 is 2.68 bits per heavy atom. The molecule has 4 rings (SSSR count). The average Bonchev–Trinajstić information content (AvgIpc) is 2.97. The quantitative estimate of drug-likeness (QED) is 0.513. The number of hydrogen-bond acceptors (Lipinski definition) is 2. The summed E-state index contributed by atoms with van der Waals surface area (Å²) in [6, 6.07) is 10.4. The lowest BCUT2D eigenvalue weighted by Crippen LogP contribution is -1.99. The van der Waals surface area contributed by atoms with Crippen molar-refractivity contribution >= 4 is 38.0 Å². The van der Waals surface area contributed by atoms with Gasteiger partial charge in [0.05, 0.1) is 16.7 Å². The van der Waals surface area contributed by atoms with E-state index in [1.807, 2.05) is 19.3 Å². The highest BCUT2D eigenvalue weighted by molar-refractivity contribution is 9.10. The standard InChI is InChI=1S/C17H15BrN4/c1-10-7-12(18)9-13-15(10)22(3)17(20-13)14-8-11-5-4-6-19-16(11)21(14)2/h4-9H,1-3H3. The van der Waals surface area contributed by atoms with Crippen molar-refractivity contribution < 1.29 is 0 Å². The fourth-order valence-electron chi connectivity index (χ4n) is 3.14. The largest absolute Gasteiger partial charge is 0.326 e. The van der Waals surface area contributed by atoms with E-state index in [1.165, 1.54) is 5.56 Å². The third-order valence-corrected chi connectivity index (χ3v) is 4.60. The number of nitrogens with zero attached hydrogens (tertiary/aromatic N) is 4. The van der Waals surface area contributed by atoms with Crippen molar-refractivity contribution in [3.05, 3.63) is 46.6 Å². The molecule has 0 amide bonds. The van der Waals surface area contributed by atoms with Crippen LogP contribution in [0.3, 0.4) is 0 Å². The molecule has 0 unspecified atom stereocenters. The summed E-state index contributed by atoms with van der Waals surface area (Å²) >= 11 is 3.55. The van der Waals surface area contributed by atoms with E-state index >= 15 is 0 Å². The maximum absolute atomic E-state index is 4.84. The summed E-state index contributed by atoms with van der Waals surface area (Å²) < 4.78 is 5.31. The van der Waals surface area contributed by atoms with Crippen LogP contribution in [0, 0.1) is 6.92 Å². The second kappa shape index (κ2) is 4.68. The molecule has 3 heterocycles. The van der Waals surface area contributed by atoms with E-state index in [0.717, 1.165) is 38.1 Å². The number of halogens is 1. The maximum atomic E-state index is 4.84. The molecule has 5 heteroatoms. The SMILES string of the molecule is Cc1cc(Br)cc2nc(-c3cc4cccnc4n3C)n(C)c12. The van der Waals surface area contributed by atoms with Gasteiger partial charge in [0.2, 0.25) is 0 Å². The van der Waals surface area contributed by atoms with Gasteiger partial charge >= 0.3 is 0 Å². The van der Waals surface area contributed by atoms with E-state index in [9.17, 15) is 0 Å². The number of aryl methyl sites for hydroxylation is 3. The second-order valence-corrected chi connectivity index (χ2v) is 6.51. The summed E-state index contributed by atoms with van der Waals surface area (Å²) in [4.78, 5) is 9.31. The van der Waals surface area contributed by atoms with Crippen molar-refractivity contribution in [3.63, 3.8) is 0 Å². The van der Waals surface area contributed by atoms with E-state index in [2.05, 4.69) is 68.3 Å². The van der Waals surface area contributed by atoms with Gasteiger partial charge in [-0.3, -0.25) is 0 Å². The van der Waals surface area contributed by atoms with Crippen molar-refractivity contribution in [1.29, 1.82) is 0 Å². The average molecular weight is 355 g/mol. The number of pyridine rings is 1. The number of hydrogen-bond donors (Lipinski definition) is 0. The van der Waals surface area contributed by atoms with Gasteiger partial charge in [-0.2, -0.15) is 0 Å². The van der Waals surface area contributed by atoms with Crippen molar-refractivity contribution in [1.82, 2.24) is 19.1 Å². The van der Waals surface area contributed by atoms with E-state index in [-0.39, 0.29) is 0 Å². The monoisotopic (exact) mass is 354 g/mol. The normalized spacial score (nSPS) is 11.6.